The van der Waals surface area contributed by atoms with Gasteiger partial charge in [-0.15, -0.1) is 0 Å². The van der Waals surface area contributed by atoms with E-state index >= 15 is 0 Å². The second kappa shape index (κ2) is 8.60. The fourth-order valence-corrected chi connectivity index (χ4v) is 3.14. The van der Waals surface area contributed by atoms with Crippen molar-refractivity contribution in [3.05, 3.63) is 42.5 Å². The fourth-order valence-electron chi connectivity index (χ4n) is 2.14. The van der Waals surface area contributed by atoms with Crippen molar-refractivity contribution >= 4 is 38.7 Å². The van der Waals surface area contributed by atoms with Crippen LogP contribution < -0.4 is 15.4 Å². The van der Waals surface area contributed by atoms with Crippen LogP contribution in [0.1, 0.15) is 6.92 Å². The van der Waals surface area contributed by atoms with Gasteiger partial charge in [-0.2, -0.15) is 4.72 Å². The van der Waals surface area contributed by atoms with Gasteiger partial charge in [-0.3, -0.25) is 14.9 Å². The number of amides is 3. The van der Waals surface area contributed by atoms with Crippen LogP contribution in [0.15, 0.2) is 47.4 Å². The lowest BCUT2D eigenvalue weighted by atomic mass is 10.1. The molecular weight excluding hydrogens is 374 g/mol. The van der Waals surface area contributed by atoms with E-state index in [1.807, 2.05) is 17.4 Å². The molecule has 0 aliphatic rings. The van der Waals surface area contributed by atoms with E-state index in [1.165, 1.54) is 26.1 Å². The zero-order valence-corrected chi connectivity index (χ0v) is 15.5. The van der Waals surface area contributed by atoms with E-state index in [9.17, 15) is 22.8 Å². The summed E-state index contributed by atoms with van der Waals surface area (Å²) in [5, 5.41) is 5.74. The van der Waals surface area contributed by atoms with Crippen molar-refractivity contribution in [2.45, 2.75) is 17.9 Å². The van der Waals surface area contributed by atoms with Gasteiger partial charge < -0.3 is 10.1 Å². The van der Waals surface area contributed by atoms with Crippen LogP contribution in [-0.2, 0) is 24.3 Å². The third kappa shape index (κ3) is 5.50. The van der Waals surface area contributed by atoms with Gasteiger partial charge in [-0.25, -0.2) is 13.2 Å². The Morgan fingerprint density at radius 3 is 2.41 bits per heavy atom. The van der Waals surface area contributed by atoms with E-state index in [1.54, 1.807) is 18.2 Å². The van der Waals surface area contributed by atoms with Crippen molar-refractivity contribution in [3.8, 4) is 0 Å². The normalized spacial score (nSPS) is 12.2. The summed E-state index contributed by atoms with van der Waals surface area (Å²) < 4.78 is 31.6. The first-order valence-corrected chi connectivity index (χ1v) is 9.42. The number of ether oxygens (including phenoxy) is 1. The molecule has 27 heavy (non-hydrogen) atoms. The van der Waals surface area contributed by atoms with Crippen LogP contribution in [0.25, 0.3) is 10.8 Å². The van der Waals surface area contributed by atoms with E-state index < -0.39 is 40.6 Å². The number of carbonyl (C=O) groups is 3. The Labute approximate surface area is 156 Å². The molecule has 0 aliphatic heterocycles. The lowest BCUT2D eigenvalue weighted by molar-refractivity contribution is -0.153. The average molecular weight is 393 g/mol. The van der Waals surface area contributed by atoms with Gasteiger partial charge in [-0.1, -0.05) is 30.3 Å². The predicted molar refractivity (Wildman–Crippen MR) is 97.3 cm³/mol. The first kappa shape index (κ1) is 20.3. The van der Waals surface area contributed by atoms with Crippen LogP contribution in [0.5, 0.6) is 0 Å². The largest absolute Gasteiger partial charge is 0.452 e. The van der Waals surface area contributed by atoms with Crippen molar-refractivity contribution < 1.29 is 27.5 Å². The Kier molecular flexibility index (Phi) is 6.48. The van der Waals surface area contributed by atoms with Gasteiger partial charge in [0, 0.05) is 7.05 Å². The molecule has 2 aromatic carbocycles. The first-order chi connectivity index (χ1) is 12.7. The number of esters is 1. The number of hydrogen-bond acceptors (Lipinski definition) is 6. The van der Waals surface area contributed by atoms with Crippen molar-refractivity contribution in [2.24, 2.45) is 0 Å². The van der Waals surface area contributed by atoms with Gasteiger partial charge >= 0.3 is 12.0 Å². The van der Waals surface area contributed by atoms with Gasteiger partial charge in [0.25, 0.3) is 5.91 Å². The smallest absolute Gasteiger partial charge is 0.321 e. The third-order valence-corrected chi connectivity index (χ3v) is 4.98. The van der Waals surface area contributed by atoms with Crippen LogP contribution in [0.4, 0.5) is 4.79 Å². The molecule has 0 saturated heterocycles. The maximum absolute atomic E-state index is 12.3. The molecule has 2 rings (SSSR count). The molecule has 0 fully saturated rings. The van der Waals surface area contributed by atoms with Crippen LogP contribution in [0, 0.1) is 0 Å². The predicted octanol–water partition coefficient (Wildman–Crippen LogP) is 0.505. The highest BCUT2D eigenvalue weighted by Crippen LogP contribution is 2.18. The summed E-state index contributed by atoms with van der Waals surface area (Å²) in [6.45, 7) is 0.598. The number of nitrogens with one attached hydrogen (secondary N) is 3. The minimum Gasteiger partial charge on any atom is -0.452 e. The summed E-state index contributed by atoms with van der Waals surface area (Å²) in [5.41, 5.74) is 0. The summed E-state index contributed by atoms with van der Waals surface area (Å²) in [6, 6.07) is 11.1. The molecular formula is C17H19N3O6S. The summed E-state index contributed by atoms with van der Waals surface area (Å²) in [7, 11) is -2.62. The average Bonchev–Trinajstić information content (AvgIpc) is 2.65. The monoisotopic (exact) mass is 393 g/mol. The fraction of sp³-hybridized carbons (Fsp3) is 0.235. The number of imide groups is 1. The summed E-state index contributed by atoms with van der Waals surface area (Å²) in [6.07, 6.45) is -1.26. The highest BCUT2D eigenvalue weighted by molar-refractivity contribution is 7.89. The minimum atomic E-state index is -3.94. The lowest BCUT2D eigenvalue weighted by Crippen LogP contribution is -2.44. The summed E-state index contributed by atoms with van der Waals surface area (Å²) >= 11 is 0. The number of hydrogen-bond donors (Lipinski definition) is 3. The zero-order chi connectivity index (χ0) is 20.0. The number of carbonyl (C=O) groups excluding carboxylic acids is 3. The number of urea groups is 1. The molecule has 144 valence electrons. The van der Waals surface area contributed by atoms with Gasteiger partial charge in [-0.05, 0) is 29.8 Å². The van der Waals surface area contributed by atoms with E-state index in [4.69, 9.17) is 4.74 Å². The molecule has 0 heterocycles. The van der Waals surface area contributed by atoms with Gasteiger partial charge in [0.15, 0.2) is 6.10 Å². The molecule has 0 saturated carbocycles. The molecule has 10 heteroatoms. The Balaban J connectivity index is 1.96. The van der Waals surface area contributed by atoms with Crippen molar-refractivity contribution in [1.29, 1.82) is 0 Å². The third-order valence-electron chi connectivity index (χ3n) is 3.58. The SMILES string of the molecule is CNC(=O)NC(=O)[C@H](C)OC(=O)CNS(=O)(=O)c1ccc2ccccc2c1. The zero-order valence-electron chi connectivity index (χ0n) is 14.7. The molecule has 2 aromatic rings. The molecule has 0 unspecified atom stereocenters. The molecule has 3 N–H and O–H groups in total. The quantitative estimate of drug-likeness (QED) is 0.613. The molecule has 0 bridgehead atoms. The van der Waals surface area contributed by atoms with Gasteiger partial charge in [0.05, 0.1) is 4.90 Å². The molecule has 0 radical (unpaired) electrons. The number of sulfonamides is 1. The number of benzene rings is 2. The maximum atomic E-state index is 12.3. The van der Waals surface area contributed by atoms with Crippen molar-refractivity contribution in [1.82, 2.24) is 15.4 Å². The second-order valence-electron chi connectivity index (χ2n) is 5.53. The van der Waals surface area contributed by atoms with Gasteiger partial charge in [0.2, 0.25) is 10.0 Å². The van der Waals surface area contributed by atoms with Crippen LogP contribution >= 0.6 is 0 Å². The summed E-state index contributed by atoms with van der Waals surface area (Å²) in [4.78, 5) is 34.4. The topological polar surface area (TPSA) is 131 Å². The van der Waals surface area contributed by atoms with Crippen molar-refractivity contribution in [2.75, 3.05) is 13.6 Å². The molecule has 0 spiro atoms. The Morgan fingerprint density at radius 2 is 1.74 bits per heavy atom. The molecule has 0 aromatic heterocycles. The first-order valence-electron chi connectivity index (χ1n) is 7.93. The molecule has 1 atom stereocenters. The number of fused-ring (bicyclic) bond motifs is 1. The van der Waals surface area contributed by atoms with Crippen LogP contribution in [0.3, 0.4) is 0 Å². The standard InChI is InChI=1S/C17H19N3O6S/c1-11(16(22)20-17(23)18-2)26-15(21)10-19-27(24,25)14-8-7-12-5-3-4-6-13(12)9-14/h3-9,11,19H,10H2,1-2H3,(H2,18,20,22,23)/t11-/m0/s1. The highest BCUT2D eigenvalue weighted by Gasteiger charge is 2.21. The van der Waals surface area contributed by atoms with Crippen LogP contribution in [0.2, 0.25) is 0 Å². The van der Waals surface area contributed by atoms with E-state index in [2.05, 4.69) is 10.0 Å². The van der Waals surface area contributed by atoms with E-state index in [-0.39, 0.29) is 4.90 Å². The number of rotatable bonds is 6. The lowest BCUT2D eigenvalue weighted by Gasteiger charge is -2.13. The highest BCUT2D eigenvalue weighted by atomic mass is 32.2. The van der Waals surface area contributed by atoms with E-state index in [0.29, 0.717) is 0 Å². The minimum absolute atomic E-state index is 0.000548. The summed E-state index contributed by atoms with van der Waals surface area (Å²) in [5.74, 6) is -1.79. The molecule has 3 amide bonds. The molecule has 9 nitrogen and oxygen atoms in total. The van der Waals surface area contributed by atoms with E-state index in [0.717, 1.165) is 10.8 Å². The van der Waals surface area contributed by atoms with Gasteiger partial charge in [0.1, 0.15) is 6.54 Å². The van der Waals surface area contributed by atoms with Crippen molar-refractivity contribution in [3.63, 3.8) is 0 Å². The van der Waals surface area contributed by atoms with Crippen LogP contribution in [-0.4, -0.2) is 46.0 Å². The second-order valence-corrected chi connectivity index (χ2v) is 7.30. The Bertz CT molecular complexity index is 974. The Hall–Kier alpha value is -2.98. The molecule has 0 aliphatic carbocycles. The maximum Gasteiger partial charge on any atom is 0.321 e. The Morgan fingerprint density at radius 1 is 1.07 bits per heavy atom.